The zero-order valence-corrected chi connectivity index (χ0v) is 20.1. The zero-order valence-electron chi connectivity index (χ0n) is 18.3. The van der Waals surface area contributed by atoms with Crippen molar-refractivity contribution < 1.29 is 14.3 Å². The van der Waals surface area contributed by atoms with Crippen molar-refractivity contribution >= 4 is 53.3 Å². The first-order valence-electron chi connectivity index (χ1n) is 10.1. The Kier molecular flexibility index (Phi) is 5.21. The quantitative estimate of drug-likeness (QED) is 0.303. The molecular weight excluding hydrogens is 430 g/mol. The lowest BCUT2D eigenvalue weighted by Crippen LogP contribution is -2.24. The van der Waals surface area contributed by atoms with Gasteiger partial charge in [0.1, 0.15) is 12.8 Å². The molecular formula is C23H24ClN3O3Si. The fourth-order valence-corrected chi connectivity index (χ4v) is 5.14. The average molecular weight is 454 g/mol. The highest BCUT2D eigenvalue weighted by atomic mass is 35.5. The number of aromatic nitrogens is 1. The Hall–Kier alpha value is -2.66. The molecule has 6 nitrogen and oxygen atoms in total. The number of benzene rings is 2. The van der Waals surface area contributed by atoms with Crippen LogP contribution in [0.15, 0.2) is 18.2 Å². The molecule has 0 N–H and O–H groups in total. The van der Waals surface area contributed by atoms with Crippen LogP contribution in [0.1, 0.15) is 31.8 Å². The van der Waals surface area contributed by atoms with E-state index < -0.39 is 14.0 Å². The van der Waals surface area contributed by atoms with Gasteiger partial charge in [0, 0.05) is 37.5 Å². The van der Waals surface area contributed by atoms with Crippen LogP contribution in [0, 0.1) is 18.3 Å². The Morgan fingerprint density at radius 2 is 1.84 bits per heavy atom. The van der Waals surface area contributed by atoms with Gasteiger partial charge in [0.2, 0.25) is 0 Å². The molecule has 0 fully saturated rings. The first-order chi connectivity index (χ1) is 14.6. The highest BCUT2D eigenvalue weighted by Gasteiger charge is 2.39. The van der Waals surface area contributed by atoms with Crippen molar-refractivity contribution in [3.8, 4) is 6.07 Å². The van der Waals surface area contributed by atoms with E-state index in [1.54, 1.807) is 12.1 Å². The lowest BCUT2D eigenvalue weighted by atomic mass is 9.93. The summed E-state index contributed by atoms with van der Waals surface area (Å²) in [6.45, 7) is 9.64. The number of halogens is 1. The molecule has 0 radical (unpaired) electrons. The summed E-state index contributed by atoms with van der Waals surface area (Å²) in [6.07, 6.45) is 0. The molecule has 2 amide bonds. The molecule has 0 aliphatic carbocycles. The molecule has 0 saturated carbocycles. The van der Waals surface area contributed by atoms with Crippen LogP contribution in [0.5, 0.6) is 0 Å². The van der Waals surface area contributed by atoms with Crippen molar-refractivity contribution in [2.75, 3.05) is 13.7 Å². The van der Waals surface area contributed by atoms with E-state index in [2.05, 4.69) is 25.7 Å². The molecule has 0 atom stereocenters. The number of carbonyl (C=O) groups excluding carboxylic acids is 2. The third-order valence-corrected chi connectivity index (χ3v) is 7.81. The Morgan fingerprint density at radius 1 is 1.16 bits per heavy atom. The molecule has 3 aromatic rings. The molecule has 1 aromatic heterocycles. The van der Waals surface area contributed by atoms with Gasteiger partial charge in [0.05, 0.1) is 27.7 Å². The van der Waals surface area contributed by atoms with Gasteiger partial charge in [0.25, 0.3) is 11.8 Å². The van der Waals surface area contributed by atoms with Crippen LogP contribution in [0.2, 0.25) is 30.7 Å². The third kappa shape index (κ3) is 3.35. The molecule has 1 aliphatic rings. The SMILES string of the molecule is Cc1c2c(c(C#N)c3c4cc(Cl)ccc4n(COCC[Si](C)(C)C)c13)C(=O)N(C)C2=O. The fourth-order valence-electron chi connectivity index (χ4n) is 4.21. The summed E-state index contributed by atoms with van der Waals surface area (Å²) in [5.41, 5.74) is 2.95. The summed E-state index contributed by atoms with van der Waals surface area (Å²) in [6, 6.07) is 8.71. The zero-order chi connectivity index (χ0) is 22.7. The minimum Gasteiger partial charge on any atom is -0.361 e. The second-order valence-electron chi connectivity index (χ2n) is 9.19. The molecule has 0 bridgehead atoms. The Morgan fingerprint density at radius 3 is 2.48 bits per heavy atom. The molecule has 31 heavy (non-hydrogen) atoms. The van der Waals surface area contributed by atoms with E-state index in [0.717, 1.165) is 27.4 Å². The van der Waals surface area contributed by atoms with Crippen LogP contribution in [0.3, 0.4) is 0 Å². The molecule has 4 rings (SSSR count). The number of aryl methyl sites for hydroxylation is 1. The van der Waals surface area contributed by atoms with E-state index >= 15 is 0 Å². The summed E-state index contributed by atoms with van der Waals surface area (Å²) >= 11 is 6.28. The first-order valence-corrected chi connectivity index (χ1v) is 14.2. The van der Waals surface area contributed by atoms with E-state index in [0.29, 0.717) is 28.1 Å². The lowest BCUT2D eigenvalue weighted by molar-refractivity contribution is 0.0692. The summed E-state index contributed by atoms with van der Waals surface area (Å²) in [5, 5.41) is 12.0. The average Bonchev–Trinajstić information content (AvgIpc) is 3.13. The molecule has 0 saturated heterocycles. The first kappa shape index (κ1) is 21.6. The number of fused-ring (bicyclic) bond motifs is 4. The van der Waals surface area contributed by atoms with Gasteiger partial charge >= 0.3 is 0 Å². The van der Waals surface area contributed by atoms with E-state index in [1.807, 2.05) is 17.6 Å². The Labute approximate surface area is 186 Å². The fraction of sp³-hybridized carbons (Fsp3) is 0.348. The van der Waals surface area contributed by atoms with Crippen molar-refractivity contribution in [3.63, 3.8) is 0 Å². The van der Waals surface area contributed by atoms with Crippen LogP contribution in [0.25, 0.3) is 21.8 Å². The van der Waals surface area contributed by atoms with Gasteiger partial charge in [-0.15, -0.1) is 0 Å². The van der Waals surface area contributed by atoms with E-state index in [1.165, 1.54) is 7.05 Å². The van der Waals surface area contributed by atoms with Crippen LogP contribution < -0.4 is 0 Å². The molecule has 1 aliphatic heterocycles. The smallest absolute Gasteiger partial charge is 0.262 e. The molecule has 8 heteroatoms. The number of carbonyl (C=O) groups is 2. The number of nitriles is 1. The summed E-state index contributed by atoms with van der Waals surface area (Å²) in [4.78, 5) is 26.7. The van der Waals surface area contributed by atoms with Crippen molar-refractivity contribution in [3.05, 3.63) is 45.5 Å². The molecule has 2 heterocycles. The normalized spacial score (nSPS) is 14.0. The van der Waals surface area contributed by atoms with Crippen molar-refractivity contribution in [1.29, 1.82) is 5.26 Å². The number of ether oxygens (including phenoxy) is 1. The van der Waals surface area contributed by atoms with E-state index in [9.17, 15) is 14.9 Å². The number of rotatable bonds is 5. The summed E-state index contributed by atoms with van der Waals surface area (Å²) in [7, 11) is 0.202. The van der Waals surface area contributed by atoms with Crippen LogP contribution in [0.4, 0.5) is 0 Å². The van der Waals surface area contributed by atoms with Crippen LogP contribution in [-0.4, -0.2) is 43.0 Å². The number of imide groups is 1. The second kappa shape index (κ2) is 7.48. The van der Waals surface area contributed by atoms with Crippen molar-refractivity contribution in [1.82, 2.24) is 9.47 Å². The van der Waals surface area contributed by atoms with Crippen LogP contribution in [-0.2, 0) is 11.5 Å². The minimum absolute atomic E-state index is 0.179. The monoisotopic (exact) mass is 453 g/mol. The Bertz CT molecular complexity index is 1310. The maximum absolute atomic E-state index is 12.8. The predicted molar refractivity (Wildman–Crippen MR) is 124 cm³/mol. The maximum Gasteiger partial charge on any atom is 0.262 e. The highest BCUT2D eigenvalue weighted by Crippen LogP contribution is 2.41. The minimum atomic E-state index is -1.24. The van der Waals surface area contributed by atoms with Gasteiger partial charge in [-0.05, 0) is 36.7 Å². The number of nitrogens with zero attached hydrogens (tertiary/aromatic N) is 3. The summed E-state index contributed by atoms with van der Waals surface area (Å²) < 4.78 is 8.02. The topological polar surface area (TPSA) is 75.3 Å². The molecule has 0 spiro atoms. The second-order valence-corrected chi connectivity index (χ2v) is 15.2. The summed E-state index contributed by atoms with van der Waals surface area (Å²) in [5.74, 6) is -0.832. The molecule has 0 unspecified atom stereocenters. The molecule has 160 valence electrons. The van der Waals surface area contributed by atoms with Gasteiger partial charge in [-0.1, -0.05) is 31.2 Å². The predicted octanol–water partition coefficient (Wildman–Crippen LogP) is 5.17. The molecule has 2 aromatic carbocycles. The van der Waals surface area contributed by atoms with Gasteiger partial charge in [-0.2, -0.15) is 5.26 Å². The number of hydrogen-bond acceptors (Lipinski definition) is 4. The standard InChI is InChI=1S/C23H24ClN3O3Si/c1-13-18-20(23(29)26(2)22(18)28)16(11-25)19-15-10-14(24)6-7-17(15)27(21(13)19)12-30-8-9-31(3,4)5/h6-7,10H,8-9,12H2,1-5H3. The maximum atomic E-state index is 12.8. The lowest BCUT2D eigenvalue weighted by Gasteiger charge is -2.17. The van der Waals surface area contributed by atoms with Crippen molar-refractivity contribution in [2.24, 2.45) is 0 Å². The van der Waals surface area contributed by atoms with Crippen molar-refractivity contribution in [2.45, 2.75) is 39.3 Å². The van der Waals surface area contributed by atoms with Gasteiger partial charge < -0.3 is 9.30 Å². The van der Waals surface area contributed by atoms with Gasteiger partial charge in [-0.3, -0.25) is 14.5 Å². The van der Waals surface area contributed by atoms with Crippen LogP contribution >= 0.6 is 11.6 Å². The third-order valence-electron chi connectivity index (χ3n) is 5.87. The van der Waals surface area contributed by atoms with Gasteiger partial charge in [0.15, 0.2) is 0 Å². The number of hydrogen-bond donors (Lipinski definition) is 0. The Balaban J connectivity index is 2.01. The van der Waals surface area contributed by atoms with E-state index in [-0.39, 0.29) is 23.8 Å². The highest BCUT2D eigenvalue weighted by molar-refractivity contribution is 6.76. The number of amides is 2. The van der Waals surface area contributed by atoms with E-state index in [4.69, 9.17) is 16.3 Å². The largest absolute Gasteiger partial charge is 0.361 e. The van der Waals surface area contributed by atoms with Gasteiger partial charge in [-0.25, -0.2) is 0 Å².